The molecule has 0 aromatic heterocycles. The monoisotopic (exact) mass is 431 g/mol. The Labute approximate surface area is 190 Å². The summed E-state index contributed by atoms with van der Waals surface area (Å²) >= 11 is 0. The molecule has 0 saturated heterocycles. The van der Waals surface area contributed by atoms with Crippen LogP contribution in [0.1, 0.15) is 41.5 Å². The highest BCUT2D eigenvalue weighted by Crippen LogP contribution is 2.13. The summed E-state index contributed by atoms with van der Waals surface area (Å²) in [7, 11) is 0. The molecule has 3 rings (SSSR count). The molecule has 31 heavy (non-hydrogen) atoms. The molecule has 0 aliphatic carbocycles. The summed E-state index contributed by atoms with van der Waals surface area (Å²) in [6.07, 6.45) is 13.5. The van der Waals surface area contributed by atoms with Gasteiger partial charge in [-0.3, -0.25) is 4.90 Å². The highest BCUT2D eigenvalue weighted by molar-refractivity contribution is 4.95. The smallest absolute Gasteiger partial charge is 0.0896 e. The fourth-order valence-corrected chi connectivity index (χ4v) is 4.04. The van der Waals surface area contributed by atoms with E-state index in [1.165, 1.54) is 0 Å². The van der Waals surface area contributed by atoms with E-state index in [0.717, 1.165) is 59.3 Å². The van der Waals surface area contributed by atoms with E-state index in [4.69, 9.17) is 0 Å². The predicted octanol–water partition coefficient (Wildman–Crippen LogP) is 2.65. The van der Waals surface area contributed by atoms with Gasteiger partial charge in [-0.05, 0) is 41.5 Å². The molecule has 0 unspecified atom stereocenters. The molecule has 0 aromatic carbocycles. The van der Waals surface area contributed by atoms with Crippen molar-refractivity contribution in [3.05, 3.63) is 37.2 Å². The average Bonchev–Trinajstić information content (AvgIpc) is 3.47. The molecule has 0 saturated carbocycles. The second kappa shape index (κ2) is 11.0. The summed E-state index contributed by atoms with van der Waals surface area (Å²) in [6, 6.07) is 1.69. The van der Waals surface area contributed by atoms with Crippen molar-refractivity contribution in [1.29, 1.82) is 0 Å². The molecule has 0 atom stereocenters. The summed E-state index contributed by atoms with van der Waals surface area (Å²) in [5.74, 6) is 0. The maximum Gasteiger partial charge on any atom is 0.0896 e. The van der Waals surface area contributed by atoms with Gasteiger partial charge in [0.2, 0.25) is 0 Å². The largest absolute Gasteiger partial charge is 0.357 e. The lowest BCUT2D eigenvalue weighted by atomic mass is 10.3. The molecule has 0 amide bonds. The Bertz CT molecular complexity index is 542. The topological polar surface area (TPSA) is 22.7 Å². The van der Waals surface area contributed by atoms with Crippen LogP contribution in [0, 0.1) is 0 Å². The van der Waals surface area contributed by atoms with E-state index in [1.54, 1.807) is 0 Å². The van der Waals surface area contributed by atoms with Crippen molar-refractivity contribution < 1.29 is 0 Å². The van der Waals surface area contributed by atoms with Crippen molar-refractivity contribution in [3.63, 3.8) is 0 Å². The molecule has 3 aliphatic heterocycles. The average molecular weight is 432 g/mol. The van der Waals surface area contributed by atoms with Gasteiger partial charge in [-0.1, -0.05) is 0 Å². The van der Waals surface area contributed by atoms with E-state index < -0.39 is 0 Å². The Balaban J connectivity index is 1.46. The second-order valence-electron chi connectivity index (χ2n) is 9.92. The molecule has 176 valence electrons. The minimum Gasteiger partial charge on any atom is -0.357 e. The van der Waals surface area contributed by atoms with Crippen molar-refractivity contribution in [1.82, 2.24) is 34.3 Å². The molecule has 7 nitrogen and oxygen atoms in total. The molecule has 0 spiro atoms. The van der Waals surface area contributed by atoms with Gasteiger partial charge < -0.3 is 29.4 Å². The molecular formula is C24H45N7. The van der Waals surface area contributed by atoms with Gasteiger partial charge >= 0.3 is 0 Å². The molecule has 7 heteroatoms. The number of nitrogens with zero attached hydrogens (tertiary/aromatic N) is 7. The van der Waals surface area contributed by atoms with Gasteiger partial charge in [-0.15, -0.1) is 0 Å². The van der Waals surface area contributed by atoms with Crippen molar-refractivity contribution in [2.75, 3.05) is 59.3 Å². The standard InChI is InChI=1S/C24H45N7/c1-22(2)29-16-13-26(19-29)10-7-25(8-11-27-14-17-30(20-27)23(3)4)9-12-28-15-18-31(21-28)24(5)6/h13-18,22-24H,7-12,19-21H2,1-6H3. The van der Waals surface area contributed by atoms with Crippen molar-refractivity contribution in [2.24, 2.45) is 0 Å². The second-order valence-corrected chi connectivity index (χ2v) is 9.92. The van der Waals surface area contributed by atoms with Gasteiger partial charge in [0.25, 0.3) is 0 Å². The summed E-state index contributed by atoms with van der Waals surface area (Å²) in [5.41, 5.74) is 0. The van der Waals surface area contributed by atoms with E-state index in [2.05, 4.69) is 113 Å². The van der Waals surface area contributed by atoms with Crippen molar-refractivity contribution in [2.45, 2.75) is 59.7 Å². The Hall–Kier alpha value is -2.02. The van der Waals surface area contributed by atoms with Crippen LogP contribution < -0.4 is 0 Å². The van der Waals surface area contributed by atoms with Gasteiger partial charge in [0.1, 0.15) is 0 Å². The summed E-state index contributed by atoms with van der Waals surface area (Å²) in [4.78, 5) is 17.2. The van der Waals surface area contributed by atoms with E-state index >= 15 is 0 Å². The van der Waals surface area contributed by atoms with Gasteiger partial charge in [-0.25, -0.2) is 0 Å². The summed E-state index contributed by atoms with van der Waals surface area (Å²) in [5, 5.41) is 0. The molecule has 0 aromatic rings. The first kappa shape index (κ1) is 23.6. The minimum atomic E-state index is 0.564. The van der Waals surface area contributed by atoms with Gasteiger partial charge in [0.15, 0.2) is 0 Å². The van der Waals surface area contributed by atoms with Crippen LogP contribution in [0.15, 0.2) is 37.2 Å². The van der Waals surface area contributed by atoms with Crippen LogP contribution in [-0.4, -0.2) is 112 Å². The third kappa shape index (κ3) is 6.99. The number of hydrogen-bond donors (Lipinski definition) is 0. The van der Waals surface area contributed by atoms with Crippen LogP contribution in [0.2, 0.25) is 0 Å². The third-order valence-electron chi connectivity index (χ3n) is 6.54. The molecule has 0 fully saturated rings. The highest BCUT2D eigenvalue weighted by Gasteiger charge is 2.19. The maximum absolute atomic E-state index is 2.64. The Morgan fingerprint density at radius 3 is 1.03 bits per heavy atom. The quantitative estimate of drug-likeness (QED) is 0.468. The SMILES string of the molecule is CC(C)N1C=CN(CCN(CCN2C=CN(C(C)C)C2)CCN2C=CN(C(C)C)C2)C1. The van der Waals surface area contributed by atoms with Crippen LogP contribution in [0.5, 0.6) is 0 Å². The first-order valence-corrected chi connectivity index (χ1v) is 12.1. The Morgan fingerprint density at radius 1 is 0.516 bits per heavy atom. The van der Waals surface area contributed by atoms with Crippen LogP contribution in [0.25, 0.3) is 0 Å². The van der Waals surface area contributed by atoms with E-state index in [-0.39, 0.29) is 0 Å². The molecule has 3 aliphatic rings. The van der Waals surface area contributed by atoms with Crippen LogP contribution in [0.3, 0.4) is 0 Å². The van der Waals surface area contributed by atoms with Crippen LogP contribution >= 0.6 is 0 Å². The van der Waals surface area contributed by atoms with E-state index in [9.17, 15) is 0 Å². The molecular weight excluding hydrogens is 386 g/mol. The zero-order valence-electron chi connectivity index (χ0n) is 20.7. The van der Waals surface area contributed by atoms with Crippen LogP contribution in [0.4, 0.5) is 0 Å². The lowest BCUT2D eigenvalue weighted by Crippen LogP contribution is -2.42. The number of hydrogen-bond acceptors (Lipinski definition) is 7. The van der Waals surface area contributed by atoms with Crippen LogP contribution in [-0.2, 0) is 0 Å². The lowest BCUT2D eigenvalue weighted by molar-refractivity contribution is 0.158. The Kier molecular flexibility index (Phi) is 8.41. The van der Waals surface area contributed by atoms with E-state index in [1.807, 2.05) is 0 Å². The van der Waals surface area contributed by atoms with Gasteiger partial charge in [-0.2, -0.15) is 0 Å². The van der Waals surface area contributed by atoms with Gasteiger partial charge in [0.05, 0.1) is 20.0 Å². The first-order chi connectivity index (χ1) is 14.8. The molecule has 0 N–H and O–H groups in total. The molecule has 3 heterocycles. The fraction of sp³-hybridized carbons (Fsp3) is 0.750. The first-order valence-electron chi connectivity index (χ1n) is 12.1. The summed E-state index contributed by atoms with van der Waals surface area (Å²) < 4.78 is 0. The number of rotatable bonds is 12. The minimum absolute atomic E-state index is 0.564. The third-order valence-corrected chi connectivity index (χ3v) is 6.54. The summed E-state index contributed by atoms with van der Waals surface area (Å²) in [6.45, 7) is 23.2. The van der Waals surface area contributed by atoms with Crippen molar-refractivity contribution >= 4 is 0 Å². The van der Waals surface area contributed by atoms with E-state index in [0.29, 0.717) is 18.1 Å². The van der Waals surface area contributed by atoms with Crippen molar-refractivity contribution in [3.8, 4) is 0 Å². The normalized spacial score (nSPS) is 18.8. The Morgan fingerprint density at radius 2 is 0.806 bits per heavy atom. The predicted molar refractivity (Wildman–Crippen MR) is 130 cm³/mol. The molecule has 0 bridgehead atoms. The molecule has 0 radical (unpaired) electrons. The van der Waals surface area contributed by atoms with Gasteiger partial charge in [0, 0.05) is 94.6 Å². The zero-order chi connectivity index (χ0) is 22.4. The maximum atomic E-state index is 2.64. The fourth-order valence-electron chi connectivity index (χ4n) is 4.04. The zero-order valence-corrected chi connectivity index (χ0v) is 20.7. The lowest BCUT2D eigenvalue weighted by Gasteiger charge is -2.31. The highest BCUT2D eigenvalue weighted by atomic mass is 15.4.